The lowest BCUT2D eigenvalue weighted by Crippen LogP contribution is -2.43. The van der Waals surface area contributed by atoms with Gasteiger partial charge in [0.25, 0.3) is 5.91 Å². The highest BCUT2D eigenvalue weighted by atomic mass is 16.6. The van der Waals surface area contributed by atoms with Crippen LogP contribution in [-0.2, 0) is 28.6 Å². The number of primary amides is 1. The summed E-state index contributed by atoms with van der Waals surface area (Å²) >= 11 is 0. The number of oxime groups is 1. The number of allylic oxidation sites excluding steroid dienone is 5. The van der Waals surface area contributed by atoms with Crippen LogP contribution in [0.5, 0.6) is 0 Å². The van der Waals surface area contributed by atoms with Crippen molar-refractivity contribution in [2.45, 2.75) is 65.3 Å². The minimum Gasteiger partial charge on any atom is -0.439 e. The number of nitrogens with zero attached hydrogens (tertiary/aromatic N) is 2. The lowest BCUT2D eigenvalue weighted by atomic mass is 9.84. The Hall–Kier alpha value is -4.03. The van der Waals surface area contributed by atoms with Gasteiger partial charge in [-0.2, -0.15) is 0 Å². The predicted molar refractivity (Wildman–Crippen MR) is 159 cm³/mol. The molecule has 1 aliphatic carbocycles. The van der Waals surface area contributed by atoms with Gasteiger partial charge in [-0.15, -0.1) is 0 Å². The van der Waals surface area contributed by atoms with Crippen LogP contribution in [0.2, 0.25) is 0 Å². The first-order chi connectivity index (χ1) is 20.4. The topological polar surface area (TPSA) is 170 Å². The Morgan fingerprint density at radius 2 is 1.84 bits per heavy atom. The molecule has 0 saturated carbocycles. The second kappa shape index (κ2) is 14.9. The summed E-state index contributed by atoms with van der Waals surface area (Å²) in [5.74, 6) is -1.94. The van der Waals surface area contributed by atoms with Gasteiger partial charge in [0.2, 0.25) is 11.6 Å². The van der Waals surface area contributed by atoms with Gasteiger partial charge >= 0.3 is 6.09 Å². The Morgan fingerprint density at radius 1 is 1.14 bits per heavy atom. The molecule has 1 fully saturated rings. The SMILES string of the molecule is CO[C@H]1C[C@H](C)CC2=C(N3CCC3)C(=O)C=C(NC(=O)/C(C)=C\C=C\[C@H](OC)[C@@H](OC(N)=O)/C(C)=C/[C@H](C)C1=NO)C2=O. The minimum absolute atomic E-state index is 0.0878. The molecule has 12 heteroatoms. The van der Waals surface area contributed by atoms with E-state index >= 15 is 0 Å². The van der Waals surface area contributed by atoms with E-state index in [0.717, 1.165) is 6.42 Å². The number of hydrogen-bond donors (Lipinski definition) is 3. The van der Waals surface area contributed by atoms with Gasteiger partial charge in [0.15, 0.2) is 6.10 Å². The number of amides is 2. The van der Waals surface area contributed by atoms with E-state index in [9.17, 15) is 24.4 Å². The van der Waals surface area contributed by atoms with Crippen LogP contribution in [0.15, 0.2) is 63.6 Å². The molecule has 4 N–H and O–H groups in total. The van der Waals surface area contributed by atoms with Gasteiger partial charge in [0, 0.05) is 50.4 Å². The van der Waals surface area contributed by atoms with Crippen LogP contribution in [0.25, 0.3) is 0 Å². The quantitative estimate of drug-likeness (QED) is 0.191. The van der Waals surface area contributed by atoms with Crippen molar-refractivity contribution in [2.24, 2.45) is 22.7 Å². The largest absolute Gasteiger partial charge is 0.439 e. The molecular formula is C31H42N4O8. The molecule has 1 saturated heterocycles. The van der Waals surface area contributed by atoms with E-state index in [1.54, 1.807) is 32.1 Å². The number of nitrogens with one attached hydrogen (secondary N) is 1. The first-order valence-electron chi connectivity index (χ1n) is 14.3. The number of hydrogen-bond acceptors (Lipinski definition) is 10. The highest BCUT2D eigenvalue weighted by molar-refractivity contribution is 6.23. The molecule has 43 heavy (non-hydrogen) atoms. The molecule has 0 unspecified atom stereocenters. The van der Waals surface area contributed by atoms with Crippen LogP contribution in [0, 0.1) is 11.8 Å². The van der Waals surface area contributed by atoms with Gasteiger partial charge in [0.05, 0.1) is 23.2 Å². The first kappa shape index (κ1) is 33.5. The molecule has 0 aromatic heterocycles. The third-order valence-corrected chi connectivity index (χ3v) is 7.88. The third-order valence-electron chi connectivity index (χ3n) is 7.88. The lowest BCUT2D eigenvalue weighted by molar-refractivity contribution is -0.120. The first-order valence-corrected chi connectivity index (χ1v) is 14.3. The number of carbonyl (C=O) groups excluding carboxylic acids is 4. The summed E-state index contributed by atoms with van der Waals surface area (Å²) in [7, 11) is 2.93. The van der Waals surface area contributed by atoms with Crippen molar-refractivity contribution in [1.29, 1.82) is 0 Å². The van der Waals surface area contributed by atoms with Crippen LogP contribution in [0.4, 0.5) is 4.79 Å². The molecule has 0 aromatic rings. The number of Topliss-reactive ketones (excluding diaryl/α,β-unsaturated/α-hetero) is 1. The zero-order valence-electron chi connectivity index (χ0n) is 25.6. The second-order valence-electron chi connectivity index (χ2n) is 11.2. The molecule has 2 aliphatic heterocycles. The Bertz CT molecular complexity index is 1300. The summed E-state index contributed by atoms with van der Waals surface area (Å²) in [6, 6.07) is 0. The predicted octanol–water partition coefficient (Wildman–Crippen LogP) is 2.94. The van der Waals surface area contributed by atoms with Gasteiger partial charge in [-0.3, -0.25) is 14.4 Å². The average Bonchev–Trinajstić information content (AvgIpc) is 2.92. The zero-order valence-corrected chi connectivity index (χ0v) is 25.6. The molecule has 3 aliphatic rings. The van der Waals surface area contributed by atoms with E-state index < -0.39 is 42.0 Å². The van der Waals surface area contributed by atoms with Crippen molar-refractivity contribution < 1.29 is 38.6 Å². The molecule has 12 nitrogen and oxygen atoms in total. The average molecular weight is 599 g/mol. The highest BCUT2D eigenvalue weighted by Gasteiger charge is 2.36. The molecule has 0 radical (unpaired) electrons. The number of ether oxygens (including phenoxy) is 3. The zero-order chi connectivity index (χ0) is 31.8. The van der Waals surface area contributed by atoms with Crippen LogP contribution in [0.1, 0.15) is 47.0 Å². The summed E-state index contributed by atoms with van der Waals surface area (Å²) in [6.07, 6.45) is 5.79. The number of rotatable bonds is 4. The standard InChI is InChI=1S/C31H42N4O8/c1-17-13-21-27(35-11-8-12-35)23(36)16-22(28(21)37)33-30(38)18(2)9-7-10-24(41-5)29(43-31(32)39)20(4)15-19(3)26(34-40)25(14-17)42-6/h7,9-10,15-17,19,24-25,29,40H,8,11-14H2,1-6H3,(H2,32,39)(H,33,38)/b10-7+,18-9-,20-15+,34-26?/t17-,19+,24+,25+,29+/m1/s1. The van der Waals surface area contributed by atoms with Gasteiger partial charge in [-0.05, 0) is 44.6 Å². The van der Waals surface area contributed by atoms with E-state index in [2.05, 4.69) is 10.5 Å². The third kappa shape index (κ3) is 8.08. The number of ketones is 2. The van der Waals surface area contributed by atoms with Crippen molar-refractivity contribution in [3.63, 3.8) is 0 Å². The van der Waals surface area contributed by atoms with Crippen LogP contribution < -0.4 is 11.1 Å². The summed E-state index contributed by atoms with van der Waals surface area (Å²) in [5, 5.41) is 16.2. The monoisotopic (exact) mass is 598 g/mol. The number of carbonyl (C=O) groups is 4. The van der Waals surface area contributed by atoms with E-state index in [-0.39, 0.29) is 29.4 Å². The molecule has 0 aromatic carbocycles. The highest BCUT2D eigenvalue weighted by Crippen LogP contribution is 2.31. The maximum absolute atomic E-state index is 13.7. The fourth-order valence-electron chi connectivity index (χ4n) is 5.46. The fraction of sp³-hybridized carbons (Fsp3) is 0.516. The van der Waals surface area contributed by atoms with Gasteiger partial charge < -0.3 is 35.4 Å². The number of fused-ring (bicyclic) bond motifs is 2. The summed E-state index contributed by atoms with van der Waals surface area (Å²) in [6.45, 7) is 8.37. The normalized spacial score (nSPS) is 32.2. The molecule has 3 rings (SSSR count). The Kier molecular flexibility index (Phi) is 11.6. The van der Waals surface area contributed by atoms with Crippen LogP contribution in [-0.4, -0.2) is 85.0 Å². The van der Waals surface area contributed by atoms with E-state index in [4.69, 9.17) is 19.9 Å². The van der Waals surface area contributed by atoms with Crippen molar-refractivity contribution >= 4 is 29.3 Å². The van der Waals surface area contributed by atoms with E-state index in [0.29, 0.717) is 42.1 Å². The number of nitrogens with two attached hydrogens (primary N) is 1. The minimum atomic E-state index is -1.00. The molecule has 0 spiro atoms. The molecule has 2 amide bonds. The van der Waals surface area contributed by atoms with E-state index in [1.807, 2.05) is 18.7 Å². The van der Waals surface area contributed by atoms with Crippen molar-refractivity contribution in [3.05, 3.63) is 58.5 Å². The maximum Gasteiger partial charge on any atom is 0.405 e. The van der Waals surface area contributed by atoms with Gasteiger partial charge in [-0.25, -0.2) is 4.79 Å². The summed E-state index contributed by atoms with van der Waals surface area (Å²) < 4.78 is 16.7. The Morgan fingerprint density at radius 3 is 2.40 bits per heavy atom. The van der Waals surface area contributed by atoms with Crippen molar-refractivity contribution in [1.82, 2.24) is 10.2 Å². The summed E-state index contributed by atoms with van der Waals surface area (Å²) in [4.78, 5) is 53.7. The van der Waals surface area contributed by atoms with Crippen molar-refractivity contribution in [2.75, 3.05) is 27.3 Å². The molecule has 2 heterocycles. The Balaban J connectivity index is 2.11. The lowest BCUT2D eigenvalue weighted by Gasteiger charge is -2.37. The Labute approximate surface area is 252 Å². The van der Waals surface area contributed by atoms with Crippen LogP contribution in [0.3, 0.4) is 0 Å². The summed E-state index contributed by atoms with van der Waals surface area (Å²) in [5.41, 5.74) is 7.14. The second-order valence-corrected chi connectivity index (χ2v) is 11.2. The number of methoxy groups -OCH3 is 2. The van der Waals surface area contributed by atoms with Gasteiger partial charge in [0.1, 0.15) is 6.10 Å². The number of likely N-dealkylation sites (tertiary alicyclic amines) is 1. The molecular weight excluding hydrogens is 556 g/mol. The maximum atomic E-state index is 13.7. The van der Waals surface area contributed by atoms with E-state index in [1.165, 1.54) is 26.4 Å². The van der Waals surface area contributed by atoms with Gasteiger partial charge in [-0.1, -0.05) is 43.3 Å². The van der Waals surface area contributed by atoms with Crippen LogP contribution >= 0.6 is 0 Å². The van der Waals surface area contributed by atoms with Crippen molar-refractivity contribution in [3.8, 4) is 0 Å². The smallest absolute Gasteiger partial charge is 0.405 e. The molecule has 234 valence electrons. The fourth-order valence-corrected chi connectivity index (χ4v) is 5.46. The molecule has 2 bridgehead atoms. The molecule has 5 atom stereocenters.